The van der Waals surface area contributed by atoms with Crippen molar-refractivity contribution in [3.05, 3.63) is 34.9 Å². The molecule has 0 spiro atoms. The van der Waals surface area contributed by atoms with Gasteiger partial charge in [0.2, 0.25) is 0 Å². The first-order valence-corrected chi connectivity index (χ1v) is 6.59. The Morgan fingerprint density at radius 3 is 2.65 bits per heavy atom. The van der Waals surface area contributed by atoms with Crippen molar-refractivity contribution in [3.63, 3.8) is 0 Å². The molecule has 5 nitrogen and oxygen atoms in total. The lowest BCUT2D eigenvalue weighted by atomic mass is 10.1. The average molecular weight is 295 g/mol. The summed E-state index contributed by atoms with van der Waals surface area (Å²) < 4.78 is 0. The van der Waals surface area contributed by atoms with Crippen LogP contribution in [0.3, 0.4) is 0 Å². The van der Waals surface area contributed by atoms with Crippen LogP contribution in [0.5, 0.6) is 0 Å². The Balaban J connectivity index is 2.62. The maximum absolute atomic E-state index is 12.0. The Kier molecular flexibility index (Phi) is 6.54. The number of benzene rings is 1. The third-order valence-corrected chi connectivity index (χ3v) is 3.08. The summed E-state index contributed by atoms with van der Waals surface area (Å²) in [5.74, 6) is -1.61. The lowest BCUT2D eigenvalue weighted by molar-refractivity contribution is -0.139. The molecule has 1 aromatic rings. The molecule has 0 heterocycles. The predicted octanol–water partition coefficient (Wildman–Crippen LogP) is 2.61. The van der Waals surface area contributed by atoms with E-state index in [-0.39, 0.29) is 17.0 Å². The number of aliphatic carboxylic acids is 1. The molecule has 0 radical (unpaired) electrons. The molecule has 0 unspecified atom stereocenters. The van der Waals surface area contributed by atoms with Crippen LogP contribution in [0.4, 0.5) is 0 Å². The molecule has 0 bridgehead atoms. The van der Waals surface area contributed by atoms with Gasteiger partial charge >= 0.3 is 5.97 Å². The molecule has 1 aromatic carbocycles. The quantitative estimate of drug-likeness (QED) is 0.756. The van der Waals surface area contributed by atoms with E-state index < -0.39 is 17.9 Å². The third-order valence-electron chi connectivity index (χ3n) is 2.75. The summed E-state index contributed by atoms with van der Waals surface area (Å²) in [5.41, 5.74) is 0.248. The lowest BCUT2D eigenvalue weighted by Gasteiger charge is -2.14. The number of carbonyl (C=O) groups is 2. The van der Waals surface area contributed by atoms with Gasteiger partial charge in [-0.05, 0) is 31.4 Å². The number of nitrogens with one attached hydrogen (secondary N) is 1. The van der Waals surface area contributed by atoms with Crippen LogP contribution in [0.15, 0.2) is 24.3 Å². The normalized spacial score (nSPS) is 11.4. The van der Waals surface area contributed by atoms with Crippen LogP contribution in [-0.2, 0) is 4.79 Å². The first-order valence-electron chi connectivity index (χ1n) is 6.21. The van der Waals surface area contributed by atoms with Gasteiger partial charge in [-0.25, -0.2) is 4.79 Å². The minimum atomic E-state index is -1.10. The van der Waals surface area contributed by atoms with Crippen molar-refractivity contribution in [3.8, 4) is 6.07 Å². The highest BCUT2D eigenvalue weighted by atomic mass is 35.5. The van der Waals surface area contributed by atoms with Crippen molar-refractivity contribution in [1.82, 2.24) is 5.32 Å². The van der Waals surface area contributed by atoms with Crippen molar-refractivity contribution < 1.29 is 14.7 Å². The standard InChI is InChI=1S/C14H15ClN2O3/c15-11-7-4-3-6-10(11)13(18)17-12(14(19)20)8-2-1-5-9-16/h3-4,6-7,12H,1-2,5,8H2,(H,17,18)(H,19,20)/t12-/m1/s1. The van der Waals surface area contributed by atoms with E-state index in [2.05, 4.69) is 5.32 Å². The number of carboxylic acid groups (broad SMARTS) is 1. The first-order chi connectivity index (χ1) is 9.56. The Bertz CT molecular complexity index is 525. The summed E-state index contributed by atoms with van der Waals surface area (Å²) in [6.45, 7) is 0. The fourth-order valence-corrected chi connectivity index (χ4v) is 1.91. The predicted molar refractivity (Wildman–Crippen MR) is 74.4 cm³/mol. The summed E-state index contributed by atoms with van der Waals surface area (Å²) in [6, 6.07) is 7.47. The number of nitriles is 1. The number of carbonyl (C=O) groups excluding carboxylic acids is 1. The fourth-order valence-electron chi connectivity index (χ4n) is 1.69. The van der Waals surface area contributed by atoms with Crippen LogP contribution in [0.1, 0.15) is 36.0 Å². The molecule has 1 amide bonds. The SMILES string of the molecule is N#CCCCC[C@@H](NC(=O)c1ccccc1Cl)C(=O)O. The smallest absolute Gasteiger partial charge is 0.326 e. The molecule has 0 saturated carbocycles. The van der Waals surface area contributed by atoms with E-state index in [4.69, 9.17) is 22.0 Å². The van der Waals surface area contributed by atoms with Crippen molar-refractivity contribution in [1.29, 1.82) is 5.26 Å². The van der Waals surface area contributed by atoms with Crippen molar-refractivity contribution in [2.45, 2.75) is 31.7 Å². The zero-order valence-electron chi connectivity index (χ0n) is 10.8. The van der Waals surface area contributed by atoms with Crippen molar-refractivity contribution in [2.75, 3.05) is 0 Å². The molecular formula is C14H15ClN2O3. The van der Waals surface area contributed by atoms with Gasteiger partial charge in [0.1, 0.15) is 6.04 Å². The average Bonchev–Trinajstić information content (AvgIpc) is 2.42. The fraction of sp³-hybridized carbons (Fsp3) is 0.357. The second-order valence-corrected chi connectivity index (χ2v) is 4.66. The van der Waals surface area contributed by atoms with Crippen LogP contribution in [-0.4, -0.2) is 23.0 Å². The van der Waals surface area contributed by atoms with Crippen molar-refractivity contribution in [2.24, 2.45) is 0 Å². The van der Waals surface area contributed by atoms with Crippen LogP contribution < -0.4 is 5.32 Å². The first kappa shape index (κ1) is 16.0. The molecule has 0 saturated heterocycles. The second-order valence-electron chi connectivity index (χ2n) is 4.25. The Morgan fingerprint density at radius 2 is 2.05 bits per heavy atom. The van der Waals surface area contributed by atoms with E-state index in [0.29, 0.717) is 19.3 Å². The topological polar surface area (TPSA) is 90.2 Å². The minimum Gasteiger partial charge on any atom is -0.480 e. The zero-order valence-corrected chi connectivity index (χ0v) is 11.6. The zero-order chi connectivity index (χ0) is 15.0. The van der Waals surface area contributed by atoms with Crippen LogP contribution >= 0.6 is 11.6 Å². The summed E-state index contributed by atoms with van der Waals surface area (Å²) in [6.07, 6.45) is 1.84. The highest BCUT2D eigenvalue weighted by molar-refractivity contribution is 6.33. The van der Waals surface area contributed by atoms with E-state index in [9.17, 15) is 9.59 Å². The maximum atomic E-state index is 12.0. The largest absolute Gasteiger partial charge is 0.480 e. The van der Waals surface area contributed by atoms with Gasteiger partial charge in [-0.2, -0.15) is 5.26 Å². The summed E-state index contributed by atoms with van der Waals surface area (Å²) >= 11 is 5.88. The summed E-state index contributed by atoms with van der Waals surface area (Å²) in [5, 5.41) is 20.2. The number of hydrogen-bond acceptors (Lipinski definition) is 3. The van der Waals surface area contributed by atoms with E-state index in [1.165, 1.54) is 6.07 Å². The van der Waals surface area contributed by atoms with Gasteiger partial charge < -0.3 is 10.4 Å². The molecule has 106 valence electrons. The third kappa shape index (κ3) is 4.90. The van der Waals surface area contributed by atoms with Gasteiger partial charge in [0.25, 0.3) is 5.91 Å². The monoisotopic (exact) mass is 294 g/mol. The molecule has 1 rings (SSSR count). The minimum absolute atomic E-state index is 0.248. The maximum Gasteiger partial charge on any atom is 0.326 e. The summed E-state index contributed by atoms with van der Waals surface area (Å²) in [4.78, 5) is 23.1. The van der Waals surface area contributed by atoms with Gasteiger partial charge in [0.05, 0.1) is 16.7 Å². The molecule has 0 aliphatic carbocycles. The van der Waals surface area contributed by atoms with Crippen molar-refractivity contribution >= 4 is 23.5 Å². The van der Waals surface area contributed by atoms with Gasteiger partial charge in [0, 0.05) is 6.42 Å². The summed E-state index contributed by atoms with van der Waals surface area (Å²) in [7, 11) is 0. The number of rotatable bonds is 7. The van der Waals surface area contributed by atoms with E-state index in [1.807, 2.05) is 6.07 Å². The van der Waals surface area contributed by atoms with Gasteiger partial charge in [-0.15, -0.1) is 0 Å². The van der Waals surface area contributed by atoms with Crippen LogP contribution in [0, 0.1) is 11.3 Å². The van der Waals surface area contributed by atoms with Gasteiger partial charge in [0.15, 0.2) is 0 Å². The molecule has 6 heteroatoms. The van der Waals surface area contributed by atoms with Crippen LogP contribution in [0.2, 0.25) is 5.02 Å². The Labute approximate surface area is 122 Å². The Hall–Kier alpha value is -2.06. The van der Waals surface area contributed by atoms with Gasteiger partial charge in [-0.1, -0.05) is 23.7 Å². The molecule has 0 aliphatic rings. The molecule has 0 aromatic heterocycles. The lowest BCUT2D eigenvalue weighted by Crippen LogP contribution is -2.40. The number of nitrogens with zero attached hydrogens (tertiary/aromatic N) is 1. The molecule has 0 fully saturated rings. The number of hydrogen-bond donors (Lipinski definition) is 2. The number of amides is 1. The van der Waals surface area contributed by atoms with E-state index >= 15 is 0 Å². The molecule has 2 N–H and O–H groups in total. The molecule has 20 heavy (non-hydrogen) atoms. The second kappa shape index (κ2) is 8.18. The molecular weight excluding hydrogens is 280 g/mol. The highest BCUT2D eigenvalue weighted by Gasteiger charge is 2.21. The Morgan fingerprint density at radius 1 is 1.35 bits per heavy atom. The number of halogens is 1. The van der Waals surface area contributed by atoms with E-state index in [1.54, 1.807) is 18.2 Å². The highest BCUT2D eigenvalue weighted by Crippen LogP contribution is 2.15. The number of unbranched alkanes of at least 4 members (excludes halogenated alkanes) is 2. The van der Waals surface area contributed by atoms with E-state index in [0.717, 1.165) is 0 Å². The molecule has 1 atom stereocenters. The van der Waals surface area contributed by atoms with Crippen LogP contribution in [0.25, 0.3) is 0 Å². The van der Waals surface area contributed by atoms with Gasteiger partial charge in [-0.3, -0.25) is 4.79 Å². The molecule has 0 aliphatic heterocycles. The number of carboxylic acids is 1.